The Balaban J connectivity index is 2.64. The second-order valence-electron chi connectivity index (χ2n) is 2.38. The van der Waals surface area contributed by atoms with Gasteiger partial charge in [-0.1, -0.05) is 6.92 Å². The first-order chi connectivity index (χ1) is 5.72. The Kier molecular flexibility index (Phi) is 2.69. The van der Waals surface area contributed by atoms with E-state index in [1.807, 2.05) is 0 Å². The summed E-state index contributed by atoms with van der Waals surface area (Å²) in [5, 5.41) is 12.7. The molecule has 0 saturated carbocycles. The van der Waals surface area contributed by atoms with Crippen molar-refractivity contribution >= 4 is 11.6 Å². The van der Waals surface area contributed by atoms with Crippen LogP contribution >= 0.6 is 0 Å². The van der Waals surface area contributed by atoms with Crippen molar-refractivity contribution in [2.75, 3.05) is 0 Å². The largest absolute Gasteiger partial charge is 0.508 e. The molecule has 0 unspecified atom stereocenters. The van der Waals surface area contributed by atoms with E-state index < -0.39 is 0 Å². The van der Waals surface area contributed by atoms with E-state index in [2.05, 4.69) is 5.32 Å². The first-order valence-corrected chi connectivity index (χ1v) is 3.76. The molecule has 3 nitrogen and oxygen atoms in total. The Morgan fingerprint density at radius 1 is 1.42 bits per heavy atom. The van der Waals surface area contributed by atoms with E-state index in [1.54, 1.807) is 19.1 Å². The monoisotopic (exact) mass is 164 g/mol. The van der Waals surface area contributed by atoms with E-state index in [-0.39, 0.29) is 11.7 Å². The Bertz CT molecular complexity index is 266. The summed E-state index contributed by atoms with van der Waals surface area (Å²) < 4.78 is 0. The molecule has 0 aliphatic heterocycles. The van der Waals surface area contributed by atoms with Crippen molar-refractivity contribution < 1.29 is 9.90 Å². The molecule has 0 fully saturated rings. The number of hydrogen-bond donors (Lipinski definition) is 1. The third-order valence-corrected chi connectivity index (χ3v) is 1.41. The normalized spacial score (nSPS) is 9.42. The van der Waals surface area contributed by atoms with E-state index >= 15 is 0 Å². The van der Waals surface area contributed by atoms with Gasteiger partial charge in [-0.25, -0.2) is 5.32 Å². The third-order valence-electron chi connectivity index (χ3n) is 1.41. The number of phenolic OH excluding ortho intramolecular Hbond substituents is 1. The zero-order valence-electron chi connectivity index (χ0n) is 6.82. The number of amides is 1. The molecule has 0 aliphatic rings. The molecule has 1 radical (unpaired) electrons. The number of aromatic hydroxyl groups is 1. The van der Waals surface area contributed by atoms with Crippen LogP contribution in [0.1, 0.15) is 13.3 Å². The van der Waals surface area contributed by atoms with Gasteiger partial charge < -0.3 is 5.11 Å². The zero-order chi connectivity index (χ0) is 8.97. The molecule has 1 aromatic rings. The lowest BCUT2D eigenvalue weighted by Crippen LogP contribution is -2.07. The molecule has 0 atom stereocenters. The summed E-state index contributed by atoms with van der Waals surface area (Å²) in [4.78, 5) is 10.8. The lowest BCUT2D eigenvalue weighted by atomic mass is 10.3. The van der Waals surface area contributed by atoms with Gasteiger partial charge in [-0.3, -0.25) is 4.79 Å². The van der Waals surface area contributed by atoms with Crippen molar-refractivity contribution in [2.24, 2.45) is 0 Å². The van der Waals surface area contributed by atoms with E-state index in [4.69, 9.17) is 5.11 Å². The number of hydrogen-bond acceptors (Lipinski definition) is 2. The van der Waals surface area contributed by atoms with E-state index in [1.165, 1.54) is 12.1 Å². The van der Waals surface area contributed by atoms with E-state index in [0.717, 1.165) is 0 Å². The molecule has 1 N–H and O–H groups in total. The molecule has 0 aliphatic carbocycles. The zero-order valence-corrected chi connectivity index (χ0v) is 6.82. The van der Waals surface area contributed by atoms with Crippen LogP contribution in [0.4, 0.5) is 5.69 Å². The van der Waals surface area contributed by atoms with Gasteiger partial charge in [0.15, 0.2) is 0 Å². The fourth-order valence-electron chi connectivity index (χ4n) is 0.750. The minimum Gasteiger partial charge on any atom is -0.508 e. The molecular weight excluding hydrogens is 154 g/mol. The molecule has 1 aromatic carbocycles. The number of carbonyl (C=O) groups excluding carboxylic acids is 1. The summed E-state index contributed by atoms with van der Waals surface area (Å²) in [7, 11) is 0. The molecule has 3 heteroatoms. The predicted molar refractivity (Wildman–Crippen MR) is 45.2 cm³/mol. The minimum atomic E-state index is -0.152. The molecular formula is C9H10NO2. The van der Waals surface area contributed by atoms with Crippen molar-refractivity contribution in [2.45, 2.75) is 13.3 Å². The van der Waals surface area contributed by atoms with Crippen LogP contribution in [0.3, 0.4) is 0 Å². The molecule has 0 bridgehead atoms. The van der Waals surface area contributed by atoms with Gasteiger partial charge in [-0.15, -0.1) is 0 Å². The van der Waals surface area contributed by atoms with Crippen LogP contribution in [0.25, 0.3) is 0 Å². The Hall–Kier alpha value is -1.51. The van der Waals surface area contributed by atoms with Crippen molar-refractivity contribution in [1.82, 2.24) is 5.32 Å². The molecule has 1 amide bonds. The SMILES string of the molecule is CCC(=O)[N]c1ccc(O)cc1. The molecule has 0 spiro atoms. The van der Waals surface area contributed by atoms with Gasteiger partial charge in [0.25, 0.3) is 0 Å². The third kappa shape index (κ3) is 2.27. The molecule has 12 heavy (non-hydrogen) atoms. The topological polar surface area (TPSA) is 51.4 Å². The van der Waals surface area contributed by atoms with Crippen LogP contribution in [-0.4, -0.2) is 11.0 Å². The van der Waals surface area contributed by atoms with Crippen LogP contribution in [0.15, 0.2) is 24.3 Å². The molecule has 0 aromatic heterocycles. The average molecular weight is 164 g/mol. The first-order valence-electron chi connectivity index (χ1n) is 3.76. The Morgan fingerprint density at radius 2 is 2.00 bits per heavy atom. The summed E-state index contributed by atoms with van der Waals surface area (Å²) in [5.74, 6) is 0.0265. The summed E-state index contributed by atoms with van der Waals surface area (Å²) in [6.07, 6.45) is 0.404. The summed E-state index contributed by atoms with van der Waals surface area (Å²) in [6.45, 7) is 1.76. The maximum atomic E-state index is 10.8. The average Bonchev–Trinajstić information content (AvgIpc) is 2.09. The lowest BCUT2D eigenvalue weighted by Gasteiger charge is -1.98. The number of benzene rings is 1. The highest BCUT2D eigenvalue weighted by Gasteiger charge is 2.00. The van der Waals surface area contributed by atoms with Crippen molar-refractivity contribution in [3.8, 4) is 5.75 Å². The number of nitrogens with zero attached hydrogens (tertiary/aromatic N) is 1. The van der Waals surface area contributed by atoms with Gasteiger partial charge in [0.2, 0.25) is 5.91 Å². The van der Waals surface area contributed by atoms with Gasteiger partial charge in [0, 0.05) is 6.42 Å². The molecule has 63 valence electrons. The standard InChI is InChI=1S/C9H10NO2/c1-2-9(12)10-7-3-5-8(11)6-4-7/h3-6,11H,2H2,1H3. The predicted octanol–water partition coefficient (Wildman–Crippen LogP) is 1.56. The smallest absolute Gasteiger partial charge is 0.245 e. The van der Waals surface area contributed by atoms with Crippen molar-refractivity contribution in [3.05, 3.63) is 24.3 Å². The van der Waals surface area contributed by atoms with Gasteiger partial charge in [0.1, 0.15) is 5.75 Å². The van der Waals surface area contributed by atoms with Gasteiger partial charge in [0.05, 0.1) is 5.69 Å². The van der Waals surface area contributed by atoms with Crippen LogP contribution < -0.4 is 5.32 Å². The fraction of sp³-hybridized carbons (Fsp3) is 0.222. The second kappa shape index (κ2) is 3.76. The second-order valence-corrected chi connectivity index (χ2v) is 2.38. The van der Waals surface area contributed by atoms with Gasteiger partial charge in [-0.05, 0) is 24.3 Å². The summed E-state index contributed by atoms with van der Waals surface area (Å²) in [6, 6.07) is 6.20. The Labute approximate surface area is 71.0 Å². The first kappa shape index (κ1) is 8.59. The Morgan fingerprint density at radius 3 is 2.50 bits per heavy atom. The van der Waals surface area contributed by atoms with Crippen LogP contribution in [-0.2, 0) is 4.79 Å². The van der Waals surface area contributed by atoms with Gasteiger partial charge >= 0.3 is 0 Å². The molecule has 1 rings (SSSR count). The lowest BCUT2D eigenvalue weighted by molar-refractivity contribution is -0.119. The van der Waals surface area contributed by atoms with Crippen LogP contribution in [0, 0.1) is 0 Å². The highest BCUT2D eigenvalue weighted by atomic mass is 16.3. The number of rotatable bonds is 2. The fourth-order valence-corrected chi connectivity index (χ4v) is 0.750. The van der Waals surface area contributed by atoms with Crippen molar-refractivity contribution in [3.63, 3.8) is 0 Å². The molecule has 0 saturated heterocycles. The number of phenols is 1. The highest BCUT2D eigenvalue weighted by molar-refractivity contribution is 5.80. The number of carbonyl (C=O) groups is 1. The van der Waals surface area contributed by atoms with Crippen LogP contribution in [0.2, 0.25) is 0 Å². The van der Waals surface area contributed by atoms with Gasteiger partial charge in [-0.2, -0.15) is 0 Å². The highest BCUT2D eigenvalue weighted by Crippen LogP contribution is 2.13. The quantitative estimate of drug-likeness (QED) is 0.721. The maximum absolute atomic E-state index is 10.8. The van der Waals surface area contributed by atoms with Crippen LogP contribution in [0.5, 0.6) is 5.75 Å². The minimum absolute atomic E-state index is 0.152. The van der Waals surface area contributed by atoms with E-state index in [0.29, 0.717) is 12.1 Å². The molecule has 0 heterocycles. The maximum Gasteiger partial charge on any atom is 0.245 e. The van der Waals surface area contributed by atoms with Crippen molar-refractivity contribution in [1.29, 1.82) is 0 Å². The summed E-state index contributed by atoms with van der Waals surface area (Å²) >= 11 is 0. The van der Waals surface area contributed by atoms with E-state index in [9.17, 15) is 4.79 Å². The summed E-state index contributed by atoms with van der Waals surface area (Å²) in [5.41, 5.74) is 0.583.